The van der Waals surface area contributed by atoms with Crippen LogP contribution in [0.3, 0.4) is 0 Å². The SMILES string of the molecule is CC(C)(C)OC(=O)NCCOCC#Cc1ccc2c(c1)C(=O)N(C1CCC(=O)NC1=O)C2=O. The van der Waals surface area contributed by atoms with Crippen LogP contribution in [0.2, 0.25) is 0 Å². The zero-order chi connectivity index (χ0) is 24.2. The van der Waals surface area contributed by atoms with Gasteiger partial charge in [-0.2, -0.15) is 0 Å². The van der Waals surface area contributed by atoms with Gasteiger partial charge in [-0.25, -0.2) is 4.79 Å². The quantitative estimate of drug-likeness (QED) is 0.384. The van der Waals surface area contributed by atoms with E-state index in [0.717, 1.165) is 4.90 Å². The summed E-state index contributed by atoms with van der Waals surface area (Å²) >= 11 is 0. The second-order valence-electron chi connectivity index (χ2n) is 8.49. The highest BCUT2D eigenvalue weighted by Crippen LogP contribution is 2.28. The fourth-order valence-corrected chi connectivity index (χ4v) is 3.35. The number of imide groups is 2. The number of nitrogens with one attached hydrogen (secondary N) is 2. The lowest BCUT2D eigenvalue weighted by atomic mass is 10.0. The first-order valence-electron chi connectivity index (χ1n) is 10.5. The first-order valence-corrected chi connectivity index (χ1v) is 10.5. The predicted molar refractivity (Wildman–Crippen MR) is 115 cm³/mol. The minimum Gasteiger partial charge on any atom is -0.444 e. The summed E-state index contributed by atoms with van der Waals surface area (Å²) in [5.74, 6) is 3.43. The van der Waals surface area contributed by atoms with Gasteiger partial charge in [0.2, 0.25) is 11.8 Å². The van der Waals surface area contributed by atoms with E-state index in [-0.39, 0.29) is 43.7 Å². The van der Waals surface area contributed by atoms with E-state index in [0.29, 0.717) is 5.56 Å². The molecule has 2 heterocycles. The Bertz CT molecular complexity index is 1060. The standard InChI is InChI=1S/C23H25N3O7/c1-23(2,3)33-22(31)24-10-12-32-11-4-5-14-6-7-15-16(13-14)21(30)26(20(15)29)17-8-9-18(27)25-19(17)28/h6-7,13,17H,8-12H2,1-3H3,(H,24,31)(H,25,27,28). The van der Waals surface area contributed by atoms with Crippen molar-refractivity contribution < 1.29 is 33.4 Å². The summed E-state index contributed by atoms with van der Waals surface area (Å²) in [6.07, 6.45) is -0.364. The van der Waals surface area contributed by atoms with Crippen molar-refractivity contribution in [3.63, 3.8) is 0 Å². The molecule has 0 spiro atoms. The van der Waals surface area contributed by atoms with Gasteiger partial charge in [-0.3, -0.25) is 29.4 Å². The Balaban J connectivity index is 1.53. The maximum Gasteiger partial charge on any atom is 0.407 e. The van der Waals surface area contributed by atoms with Crippen LogP contribution in [0, 0.1) is 11.8 Å². The molecule has 0 saturated carbocycles. The Hall–Kier alpha value is -3.71. The Morgan fingerprint density at radius 3 is 2.61 bits per heavy atom. The Morgan fingerprint density at radius 1 is 1.18 bits per heavy atom. The van der Waals surface area contributed by atoms with Crippen LogP contribution in [0.5, 0.6) is 0 Å². The Labute approximate surface area is 191 Å². The van der Waals surface area contributed by atoms with Crippen molar-refractivity contribution in [1.82, 2.24) is 15.5 Å². The van der Waals surface area contributed by atoms with E-state index in [2.05, 4.69) is 22.5 Å². The third kappa shape index (κ3) is 5.96. The van der Waals surface area contributed by atoms with Crippen molar-refractivity contribution in [3.8, 4) is 11.8 Å². The lowest BCUT2D eigenvalue weighted by molar-refractivity contribution is -0.136. The second-order valence-corrected chi connectivity index (χ2v) is 8.49. The molecule has 0 aromatic heterocycles. The number of carbonyl (C=O) groups is 5. The zero-order valence-corrected chi connectivity index (χ0v) is 18.6. The maximum atomic E-state index is 12.8. The summed E-state index contributed by atoms with van der Waals surface area (Å²) in [5, 5.41) is 4.73. The summed E-state index contributed by atoms with van der Waals surface area (Å²) in [6, 6.07) is 3.59. The molecule has 174 valence electrons. The highest BCUT2D eigenvalue weighted by Gasteiger charge is 2.44. The van der Waals surface area contributed by atoms with Crippen LogP contribution in [-0.2, 0) is 19.1 Å². The molecule has 2 N–H and O–H groups in total. The highest BCUT2D eigenvalue weighted by atomic mass is 16.6. The molecule has 5 amide bonds. The molecule has 2 aliphatic rings. The van der Waals surface area contributed by atoms with Crippen molar-refractivity contribution >= 4 is 29.7 Å². The molecule has 0 bridgehead atoms. The smallest absolute Gasteiger partial charge is 0.407 e. The van der Waals surface area contributed by atoms with E-state index in [9.17, 15) is 24.0 Å². The number of rotatable bonds is 5. The van der Waals surface area contributed by atoms with Gasteiger partial charge in [0.05, 0.1) is 17.7 Å². The number of hydrogen-bond donors (Lipinski definition) is 2. The number of amides is 5. The molecule has 10 heteroatoms. The average molecular weight is 455 g/mol. The fraction of sp³-hybridized carbons (Fsp3) is 0.435. The lowest BCUT2D eigenvalue weighted by Crippen LogP contribution is -2.54. The summed E-state index contributed by atoms with van der Waals surface area (Å²) in [4.78, 5) is 61.4. The van der Waals surface area contributed by atoms with E-state index < -0.39 is 41.4 Å². The zero-order valence-electron chi connectivity index (χ0n) is 18.6. The van der Waals surface area contributed by atoms with Crippen LogP contribution in [-0.4, -0.2) is 66.0 Å². The minimum atomic E-state index is -1.01. The topological polar surface area (TPSA) is 131 Å². The molecular formula is C23H25N3O7. The van der Waals surface area contributed by atoms with Crippen LogP contribution in [0.4, 0.5) is 4.79 Å². The molecule has 1 saturated heterocycles. The normalized spacial score (nSPS) is 17.8. The first kappa shape index (κ1) is 23.9. The van der Waals surface area contributed by atoms with E-state index in [1.165, 1.54) is 12.1 Å². The van der Waals surface area contributed by atoms with Gasteiger partial charge in [0.1, 0.15) is 18.2 Å². The number of carbonyl (C=O) groups excluding carboxylic acids is 5. The van der Waals surface area contributed by atoms with Crippen LogP contribution in [0.1, 0.15) is 59.9 Å². The van der Waals surface area contributed by atoms with Gasteiger partial charge in [0.25, 0.3) is 11.8 Å². The minimum absolute atomic E-state index is 0.0633. The number of benzene rings is 1. The monoisotopic (exact) mass is 455 g/mol. The summed E-state index contributed by atoms with van der Waals surface area (Å²) < 4.78 is 10.4. The predicted octanol–water partition coefficient (Wildman–Crippen LogP) is 0.981. The van der Waals surface area contributed by atoms with Gasteiger partial charge in [0.15, 0.2) is 0 Å². The van der Waals surface area contributed by atoms with E-state index in [4.69, 9.17) is 9.47 Å². The number of piperidine rings is 1. The van der Waals surface area contributed by atoms with Gasteiger partial charge in [-0.1, -0.05) is 11.8 Å². The van der Waals surface area contributed by atoms with Gasteiger partial charge in [-0.05, 0) is 45.4 Å². The number of alkyl carbamates (subject to hydrolysis) is 1. The molecule has 3 rings (SSSR count). The molecular weight excluding hydrogens is 430 g/mol. The van der Waals surface area contributed by atoms with Crippen molar-refractivity contribution in [3.05, 3.63) is 34.9 Å². The molecule has 1 aromatic rings. The largest absolute Gasteiger partial charge is 0.444 e. The highest BCUT2D eigenvalue weighted by molar-refractivity contribution is 6.23. The number of hydrogen-bond acceptors (Lipinski definition) is 7. The van der Waals surface area contributed by atoms with Crippen molar-refractivity contribution in [2.45, 2.75) is 45.3 Å². The molecule has 0 aliphatic carbocycles. The molecule has 1 aromatic carbocycles. The molecule has 1 fully saturated rings. The Morgan fingerprint density at radius 2 is 1.91 bits per heavy atom. The van der Waals surface area contributed by atoms with Crippen LogP contribution in [0.25, 0.3) is 0 Å². The van der Waals surface area contributed by atoms with E-state index >= 15 is 0 Å². The third-order valence-corrected chi connectivity index (χ3v) is 4.76. The fourth-order valence-electron chi connectivity index (χ4n) is 3.35. The lowest BCUT2D eigenvalue weighted by Gasteiger charge is -2.27. The maximum absolute atomic E-state index is 12.8. The number of nitrogens with zero attached hydrogens (tertiary/aromatic N) is 1. The van der Waals surface area contributed by atoms with Crippen LogP contribution in [0.15, 0.2) is 18.2 Å². The number of ether oxygens (including phenoxy) is 2. The molecule has 10 nitrogen and oxygen atoms in total. The summed E-state index contributed by atoms with van der Waals surface area (Å²) in [7, 11) is 0. The second kappa shape index (κ2) is 9.83. The number of fused-ring (bicyclic) bond motifs is 1. The van der Waals surface area contributed by atoms with Crippen LogP contribution < -0.4 is 10.6 Å². The van der Waals surface area contributed by atoms with Crippen molar-refractivity contribution in [2.75, 3.05) is 19.8 Å². The molecule has 0 radical (unpaired) electrons. The Kier molecular flexibility index (Phi) is 7.13. The molecule has 33 heavy (non-hydrogen) atoms. The molecule has 1 unspecified atom stereocenters. The third-order valence-electron chi connectivity index (χ3n) is 4.76. The summed E-state index contributed by atoms with van der Waals surface area (Å²) in [5.41, 5.74) is 0.297. The van der Waals surface area contributed by atoms with Gasteiger partial charge >= 0.3 is 6.09 Å². The van der Waals surface area contributed by atoms with E-state index in [1.807, 2.05) is 0 Å². The molecule has 1 atom stereocenters. The molecule has 2 aliphatic heterocycles. The van der Waals surface area contributed by atoms with Gasteiger partial charge in [0, 0.05) is 18.5 Å². The average Bonchev–Trinajstić information content (AvgIpc) is 2.96. The first-order chi connectivity index (χ1) is 15.6. The van der Waals surface area contributed by atoms with Gasteiger partial charge in [-0.15, -0.1) is 0 Å². The van der Waals surface area contributed by atoms with Crippen molar-refractivity contribution in [1.29, 1.82) is 0 Å². The van der Waals surface area contributed by atoms with Gasteiger partial charge < -0.3 is 14.8 Å². The van der Waals surface area contributed by atoms with Crippen LogP contribution >= 0.6 is 0 Å². The summed E-state index contributed by atoms with van der Waals surface area (Å²) in [6.45, 7) is 5.92. The van der Waals surface area contributed by atoms with Crippen molar-refractivity contribution in [2.24, 2.45) is 0 Å². The van der Waals surface area contributed by atoms with E-state index in [1.54, 1.807) is 26.8 Å².